The Hall–Kier alpha value is -0.0200. The van der Waals surface area contributed by atoms with E-state index in [0.717, 1.165) is 19.2 Å². The van der Waals surface area contributed by atoms with Crippen molar-refractivity contribution in [3.05, 3.63) is 55.1 Å². The van der Waals surface area contributed by atoms with E-state index in [4.69, 9.17) is 23.2 Å². The van der Waals surface area contributed by atoms with Gasteiger partial charge in [0.2, 0.25) is 0 Å². The molecule has 0 aliphatic heterocycles. The van der Waals surface area contributed by atoms with Crippen molar-refractivity contribution in [1.82, 2.24) is 0 Å². The summed E-state index contributed by atoms with van der Waals surface area (Å²) in [7, 11) is 0. The molecule has 0 radical (unpaired) electrons. The lowest BCUT2D eigenvalue weighted by atomic mass is 10.1. The topological polar surface area (TPSA) is 0 Å². The molecule has 0 N–H and O–H groups in total. The van der Waals surface area contributed by atoms with Gasteiger partial charge in [0.25, 0.3) is 0 Å². The lowest BCUT2D eigenvalue weighted by Crippen LogP contribution is -1.90. The van der Waals surface area contributed by atoms with E-state index in [0.29, 0.717) is 0 Å². The van der Waals surface area contributed by atoms with E-state index in [9.17, 15) is 0 Å². The third kappa shape index (κ3) is 2.62. The first-order chi connectivity index (χ1) is 7.58. The van der Waals surface area contributed by atoms with E-state index in [1.807, 2.05) is 18.2 Å². The Kier molecular flexibility index (Phi) is 3.96. The van der Waals surface area contributed by atoms with Gasteiger partial charge in [0, 0.05) is 9.35 Å². The molecule has 1 aromatic carbocycles. The highest BCUT2D eigenvalue weighted by atomic mass is 79.9. The van der Waals surface area contributed by atoms with Gasteiger partial charge in [-0.2, -0.15) is 0 Å². The molecule has 0 saturated heterocycles. The van der Waals surface area contributed by atoms with Crippen molar-refractivity contribution in [3.63, 3.8) is 0 Å². The lowest BCUT2D eigenvalue weighted by Gasteiger charge is -2.09. The summed E-state index contributed by atoms with van der Waals surface area (Å²) in [4.78, 5) is 1.07. The highest BCUT2D eigenvalue weighted by Gasteiger charge is 2.13. The van der Waals surface area contributed by atoms with Crippen LogP contribution in [0, 0.1) is 6.92 Å². The average molecular weight is 336 g/mol. The molecule has 2 aromatic rings. The molecule has 0 nitrogen and oxygen atoms in total. The van der Waals surface area contributed by atoms with Crippen molar-refractivity contribution in [1.29, 1.82) is 0 Å². The summed E-state index contributed by atoms with van der Waals surface area (Å²) in [5.41, 5.74) is 2.29. The predicted octanol–water partition coefficient (Wildman–Crippen LogP) is 5.80. The number of hydrogen-bond acceptors (Lipinski definition) is 1. The van der Waals surface area contributed by atoms with Crippen LogP contribution in [0.15, 0.2) is 34.8 Å². The van der Waals surface area contributed by atoms with Gasteiger partial charge in [-0.15, -0.1) is 22.9 Å². The Bertz CT molecular complexity index is 507. The van der Waals surface area contributed by atoms with Gasteiger partial charge in [0.15, 0.2) is 0 Å². The second kappa shape index (κ2) is 5.09. The van der Waals surface area contributed by atoms with E-state index < -0.39 is 0 Å². The maximum Gasteiger partial charge on any atom is 0.0931 e. The third-order valence-electron chi connectivity index (χ3n) is 2.33. The quantitative estimate of drug-likeness (QED) is 0.608. The summed E-state index contributed by atoms with van der Waals surface area (Å²) in [6.07, 6.45) is 0. The van der Waals surface area contributed by atoms with Crippen molar-refractivity contribution in [2.24, 2.45) is 0 Å². The van der Waals surface area contributed by atoms with E-state index in [2.05, 4.69) is 35.0 Å². The van der Waals surface area contributed by atoms with Gasteiger partial charge < -0.3 is 0 Å². The number of benzene rings is 1. The van der Waals surface area contributed by atoms with Gasteiger partial charge in [-0.1, -0.05) is 39.7 Å². The third-order valence-corrected chi connectivity index (χ3v) is 5.10. The molecule has 0 saturated carbocycles. The molecule has 0 aliphatic carbocycles. The monoisotopic (exact) mass is 334 g/mol. The second-order valence-electron chi connectivity index (χ2n) is 3.51. The zero-order valence-electron chi connectivity index (χ0n) is 8.51. The Labute approximate surface area is 117 Å². The molecule has 1 heterocycles. The predicted molar refractivity (Wildman–Crippen MR) is 75.9 cm³/mol. The Morgan fingerprint density at radius 3 is 2.56 bits per heavy atom. The highest BCUT2D eigenvalue weighted by Crippen LogP contribution is 2.36. The first kappa shape index (κ1) is 12.4. The van der Waals surface area contributed by atoms with E-state index in [1.54, 1.807) is 0 Å². The molecule has 0 amide bonds. The maximum atomic E-state index is 6.40. The first-order valence-electron chi connectivity index (χ1n) is 4.73. The van der Waals surface area contributed by atoms with Gasteiger partial charge in [-0.3, -0.25) is 0 Å². The fourth-order valence-corrected chi connectivity index (χ4v) is 3.20. The summed E-state index contributed by atoms with van der Waals surface area (Å²) in [6.45, 7) is 2.05. The summed E-state index contributed by atoms with van der Waals surface area (Å²) >= 11 is 17.3. The van der Waals surface area contributed by atoms with E-state index in [1.165, 1.54) is 16.9 Å². The molecule has 2 rings (SSSR count). The number of alkyl halides is 1. The second-order valence-corrected chi connectivity index (χ2v) is 6.55. The number of thiophene rings is 1. The van der Waals surface area contributed by atoms with Crippen molar-refractivity contribution >= 4 is 50.5 Å². The van der Waals surface area contributed by atoms with Crippen LogP contribution in [0.3, 0.4) is 0 Å². The van der Waals surface area contributed by atoms with E-state index >= 15 is 0 Å². The molecule has 0 bridgehead atoms. The standard InChI is InChI=1S/C12H9BrCl2S/c1-7-2-3-8(6-9(7)13)12(15)10-4-5-11(14)16-10/h2-6,12H,1H3. The molecule has 0 spiro atoms. The molecule has 4 heteroatoms. The van der Waals surface area contributed by atoms with Gasteiger partial charge >= 0.3 is 0 Å². The molecule has 0 fully saturated rings. The Morgan fingerprint density at radius 2 is 2.00 bits per heavy atom. The van der Waals surface area contributed by atoms with Gasteiger partial charge in [0.1, 0.15) is 0 Å². The van der Waals surface area contributed by atoms with Crippen molar-refractivity contribution in [2.45, 2.75) is 12.3 Å². The molecule has 16 heavy (non-hydrogen) atoms. The van der Waals surface area contributed by atoms with Crippen LogP contribution in [-0.2, 0) is 0 Å². The largest absolute Gasteiger partial charge is 0.127 e. The molecule has 0 aliphatic rings. The smallest absolute Gasteiger partial charge is 0.0931 e. The summed E-state index contributed by atoms with van der Waals surface area (Å²) < 4.78 is 1.85. The zero-order valence-corrected chi connectivity index (χ0v) is 12.4. The van der Waals surface area contributed by atoms with Crippen molar-refractivity contribution in [3.8, 4) is 0 Å². The molecule has 1 unspecified atom stereocenters. The summed E-state index contributed by atoms with van der Waals surface area (Å²) in [5, 5.41) is -0.130. The van der Waals surface area contributed by atoms with Gasteiger partial charge in [-0.25, -0.2) is 0 Å². The van der Waals surface area contributed by atoms with Crippen LogP contribution in [0.1, 0.15) is 21.4 Å². The lowest BCUT2D eigenvalue weighted by molar-refractivity contribution is 1.17. The van der Waals surface area contributed by atoms with Crippen LogP contribution in [0.2, 0.25) is 4.34 Å². The maximum absolute atomic E-state index is 6.40. The van der Waals surface area contributed by atoms with Crippen LogP contribution in [0.4, 0.5) is 0 Å². The normalized spacial score (nSPS) is 12.8. The van der Waals surface area contributed by atoms with Gasteiger partial charge in [0.05, 0.1) is 9.71 Å². The fraction of sp³-hybridized carbons (Fsp3) is 0.167. The molecule has 84 valence electrons. The van der Waals surface area contributed by atoms with Crippen LogP contribution < -0.4 is 0 Å². The molecule has 1 aromatic heterocycles. The zero-order chi connectivity index (χ0) is 11.7. The van der Waals surface area contributed by atoms with Crippen LogP contribution in [-0.4, -0.2) is 0 Å². The van der Waals surface area contributed by atoms with Crippen molar-refractivity contribution < 1.29 is 0 Å². The summed E-state index contributed by atoms with van der Waals surface area (Å²) in [5.74, 6) is 0. The Balaban J connectivity index is 2.33. The van der Waals surface area contributed by atoms with Crippen LogP contribution in [0.25, 0.3) is 0 Å². The Morgan fingerprint density at radius 1 is 1.25 bits per heavy atom. The number of aryl methyl sites for hydroxylation is 1. The van der Waals surface area contributed by atoms with Crippen molar-refractivity contribution in [2.75, 3.05) is 0 Å². The minimum absolute atomic E-state index is 0.130. The van der Waals surface area contributed by atoms with Crippen LogP contribution in [0.5, 0.6) is 0 Å². The average Bonchev–Trinajstić information content (AvgIpc) is 2.68. The minimum Gasteiger partial charge on any atom is -0.127 e. The molecular weight excluding hydrogens is 327 g/mol. The SMILES string of the molecule is Cc1ccc(C(Cl)c2ccc(Cl)s2)cc1Br. The molecule has 1 atom stereocenters. The van der Waals surface area contributed by atoms with Crippen LogP contribution >= 0.6 is 50.5 Å². The number of hydrogen-bond donors (Lipinski definition) is 0. The highest BCUT2D eigenvalue weighted by molar-refractivity contribution is 9.10. The fourth-order valence-electron chi connectivity index (χ4n) is 1.40. The summed E-state index contributed by atoms with van der Waals surface area (Å²) in [6, 6.07) is 10.0. The van der Waals surface area contributed by atoms with E-state index in [-0.39, 0.29) is 5.38 Å². The number of halogens is 3. The molecular formula is C12H9BrCl2S. The minimum atomic E-state index is -0.130. The van der Waals surface area contributed by atoms with Gasteiger partial charge in [-0.05, 0) is 36.2 Å². The first-order valence-corrected chi connectivity index (χ1v) is 7.15. The number of rotatable bonds is 2.